The van der Waals surface area contributed by atoms with Gasteiger partial charge in [-0.1, -0.05) is 5.16 Å². The number of aromatic nitrogens is 3. The topological polar surface area (TPSA) is 149 Å². The average molecular weight is 505 g/mol. The Balaban J connectivity index is 1.42. The molecule has 2 aromatic heterocycles. The predicted molar refractivity (Wildman–Crippen MR) is 118 cm³/mol. The number of nitrogens with one attached hydrogen (secondary N) is 2. The highest BCUT2D eigenvalue weighted by molar-refractivity contribution is 7.89. The maximum absolute atomic E-state index is 13.6. The first kappa shape index (κ1) is 23.0. The number of sulfonamides is 1. The lowest BCUT2D eigenvalue weighted by molar-refractivity contribution is 0.0766. The van der Waals surface area contributed by atoms with E-state index in [4.69, 9.17) is 4.74 Å². The molecule has 1 aromatic carbocycles. The van der Waals surface area contributed by atoms with Crippen LogP contribution in [0, 0.1) is 18.7 Å². The van der Waals surface area contributed by atoms with Crippen molar-refractivity contribution in [3.63, 3.8) is 0 Å². The number of amides is 2. The number of halogens is 1. The van der Waals surface area contributed by atoms with E-state index in [9.17, 15) is 22.4 Å². The number of carbonyl (C=O) groups excluding carboxylic acids is 2. The van der Waals surface area contributed by atoms with Gasteiger partial charge in [0.05, 0.1) is 6.61 Å². The third-order valence-corrected chi connectivity index (χ3v) is 7.53. The van der Waals surface area contributed by atoms with E-state index in [0.717, 1.165) is 6.39 Å². The van der Waals surface area contributed by atoms with Gasteiger partial charge in [-0.3, -0.25) is 9.59 Å². The molecule has 184 valence electrons. The summed E-state index contributed by atoms with van der Waals surface area (Å²) in [7, 11) is -2.56. The fourth-order valence-corrected chi connectivity index (χ4v) is 5.77. The van der Waals surface area contributed by atoms with Crippen LogP contribution < -0.4 is 14.8 Å². The standard InChI is InChI=1S/C21H21FN6O6S/c1-11-5-13(3-4-14(11)22)24-20(29)17-18-16(8-27(17)2)35(31,32)26-15-7-28(6-12(15)9-33-18)21(30)19-23-10-34-25-19/h3-5,8,10,12,15,26H,6-7,9H2,1-2H3,(H,24,29)/t12-,15-/m0/s1. The number of carbonyl (C=O) groups is 2. The molecule has 12 nitrogen and oxygen atoms in total. The van der Waals surface area contributed by atoms with Gasteiger partial charge in [-0.05, 0) is 30.7 Å². The van der Waals surface area contributed by atoms with E-state index < -0.39 is 33.7 Å². The van der Waals surface area contributed by atoms with Gasteiger partial charge in [0.15, 0.2) is 11.4 Å². The molecular weight excluding hydrogens is 483 g/mol. The van der Waals surface area contributed by atoms with E-state index in [1.807, 2.05) is 0 Å². The van der Waals surface area contributed by atoms with E-state index in [2.05, 4.69) is 24.7 Å². The number of rotatable bonds is 3. The highest BCUT2D eigenvalue weighted by atomic mass is 32.2. The zero-order valence-corrected chi connectivity index (χ0v) is 19.5. The third-order valence-electron chi connectivity index (χ3n) is 6.05. The van der Waals surface area contributed by atoms with E-state index in [0.29, 0.717) is 11.3 Å². The first-order chi connectivity index (χ1) is 16.6. The zero-order chi connectivity index (χ0) is 24.9. The van der Waals surface area contributed by atoms with Crippen LogP contribution in [-0.2, 0) is 17.1 Å². The number of hydrogen-bond acceptors (Lipinski definition) is 8. The summed E-state index contributed by atoms with van der Waals surface area (Å²) < 4.78 is 54.5. The molecule has 0 aliphatic carbocycles. The number of hydrogen-bond donors (Lipinski definition) is 2. The van der Waals surface area contributed by atoms with Crippen LogP contribution in [0.15, 0.2) is 40.2 Å². The van der Waals surface area contributed by atoms with Gasteiger partial charge in [-0.2, -0.15) is 4.98 Å². The number of benzene rings is 1. The summed E-state index contributed by atoms with van der Waals surface area (Å²) >= 11 is 0. The van der Waals surface area contributed by atoms with E-state index >= 15 is 0 Å². The summed E-state index contributed by atoms with van der Waals surface area (Å²) in [5.41, 5.74) is 0.686. The Hall–Kier alpha value is -3.78. The summed E-state index contributed by atoms with van der Waals surface area (Å²) in [6.45, 7) is 1.91. The fourth-order valence-electron chi connectivity index (χ4n) is 4.28. The second-order valence-electron chi connectivity index (χ2n) is 8.46. The predicted octanol–water partition coefficient (Wildman–Crippen LogP) is 0.919. The van der Waals surface area contributed by atoms with Crippen molar-refractivity contribution >= 4 is 27.5 Å². The third kappa shape index (κ3) is 4.14. The smallest absolute Gasteiger partial charge is 0.295 e. The van der Waals surface area contributed by atoms with Crippen molar-refractivity contribution in [2.24, 2.45) is 13.0 Å². The number of ether oxygens (including phenoxy) is 1. The highest BCUT2D eigenvalue weighted by Crippen LogP contribution is 2.35. The Morgan fingerprint density at radius 1 is 1.29 bits per heavy atom. The summed E-state index contributed by atoms with van der Waals surface area (Å²) in [5.74, 6) is -2.13. The molecule has 2 aliphatic heterocycles. The SMILES string of the molecule is Cc1cc(NC(=O)c2c3c(cn2C)S(=O)(=O)N[C@H]2CN(C(=O)c4ncon4)C[C@H]2CO3)ccc1F. The molecular formula is C21H21FN6O6S. The first-order valence-electron chi connectivity index (χ1n) is 10.6. The summed E-state index contributed by atoms with van der Waals surface area (Å²) in [6, 6.07) is 3.50. The van der Waals surface area contributed by atoms with Crippen LogP contribution in [0.4, 0.5) is 10.1 Å². The van der Waals surface area contributed by atoms with Crippen molar-refractivity contribution in [2.75, 3.05) is 25.0 Å². The molecule has 5 rings (SSSR count). The van der Waals surface area contributed by atoms with Crippen molar-refractivity contribution in [3.05, 3.63) is 53.7 Å². The zero-order valence-electron chi connectivity index (χ0n) is 18.7. The Bertz CT molecular complexity index is 1420. The lowest BCUT2D eigenvalue weighted by Gasteiger charge is -2.23. The van der Waals surface area contributed by atoms with Gasteiger partial charge in [0, 0.05) is 44.0 Å². The van der Waals surface area contributed by atoms with Crippen molar-refractivity contribution in [2.45, 2.75) is 17.9 Å². The van der Waals surface area contributed by atoms with Gasteiger partial charge in [-0.25, -0.2) is 17.5 Å². The van der Waals surface area contributed by atoms with Crippen molar-refractivity contribution < 1.29 is 31.7 Å². The molecule has 2 N–H and O–H groups in total. The van der Waals surface area contributed by atoms with Gasteiger partial charge in [0.25, 0.3) is 17.6 Å². The Kier molecular flexibility index (Phi) is 5.56. The van der Waals surface area contributed by atoms with E-state index in [1.165, 1.54) is 40.9 Å². The van der Waals surface area contributed by atoms with Crippen LogP contribution in [0.2, 0.25) is 0 Å². The van der Waals surface area contributed by atoms with Gasteiger partial charge in [-0.15, -0.1) is 0 Å². The monoisotopic (exact) mass is 504 g/mol. The molecule has 0 unspecified atom stereocenters. The van der Waals surface area contributed by atoms with Crippen molar-refractivity contribution in [3.8, 4) is 5.75 Å². The van der Waals surface area contributed by atoms with Crippen LogP contribution in [0.3, 0.4) is 0 Å². The Morgan fingerprint density at radius 3 is 2.80 bits per heavy atom. The first-order valence-corrected chi connectivity index (χ1v) is 12.1. The molecule has 0 spiro atoms. The molecule has 2 atom stereocenters. The summed E-state index contributed by atoms with van der Waals surface area (Å²) in [5, 5.41) is 6.19. The Morgan fingerprint density at radius 2 is 2.09 bits per heavy atom. The van der Waals surface area contributed by atoms with Gasteiger partial charge in [0.1, 0.15) is 10.7 Å². The fraction of sp³-hybridized carbons (Fsp3) is 0.333. The number of nitrogens with zero attached hydrogens (tertiary/aromatic N) is 4. The second kappa shape index (κ2) is 8.46. The molecule has 0 radical (unpaired) electrons. The van der Waals surface area contributed by atoms with Crippen LogP contribution in [0.1, 0.15) is 26.7 Å². The Labute approximate surface area is 199 Å². The van der Waals surface area contributed by atoms with Crippen LogP contribution in [0.25, 0.3) is 0 Å². The molecule has 4 heterocycles. The molecule has 0 saturated carbocycles. The van der Waals surface area contributed by atoms with Crippen molar-refractivity contribution in [1.29, 1.82) is 0 Å². The number of aryl methyl sites for hydroxylation is 2. The van der Waals surface area contributed by atoms with Crippen LogP contribution in [0.5, 0.6) is 5.75 Å². The lowest BCUT2D eigenvalue weighted by atomic mass is 10.1. The maximum atomic E-state index is 13.6. The minimum atomic E-state index is -4.09. The molecule has 3 aromatic rings. The van der Waals surface area contributed by atoms with Gasteiger partial charge < -0.3 is 24.0 Å². The summed E-state index contributed by atoms with van der Waals surface area (Å²) in [4.78, 5) is 30.7. The molecule has 0 bridgehead atoms. The lowest BCUT2D eigenvalue weighted by Crippen LogP contribution is -2.43. The van der Waals surface area contributed by atoms with Crippen LogP contribution >= 0.6 is 0 Å². The minimum Gasteiger partial charge on any atom is -0.489 e. The number of anilines is 1. The normalized spacial score (nSPS) is 20.8. The number of likely N-dealkylation sites (tertiary alicyclic amines) is 1. The van der Waals surface area contributed by atoms with Crippen molar-refractivity contribution in [1.82, 2.24) is 24.3 Å². The molecule has 2 amide bonds. The molecule has 14 heteroatoms. The maximum Gasteiger partial charge on any atom is 0.295 e. The van der Waals surface area contributed by atoms with Gasteiger partial charge >= 0.3 is 0 Å². The average Bonchev–Trinajstić information content (AvgIpc) is 3.53. The summed E-state index contributed by atoms with van der Waals surface area (Å²) in [6.07, 6.45) is 2.33. The quantitative estimate of drug-likeness (QED) is 0.535. The second-order valence-corrected chi connectivity index (χ2v) is 10.1. The van der Waals surface area contributed by atoms with E-state index in [-0.39, 0.29) is 47.8 Å². The minimum absolute atomic E-state index is 0.0106. The van der Waals surface area contributed by atoms with E-state index in [1.54, 1.807) is 6.92 Å². The molecule has 1 fully saturated rings. The number of fused-ring (bicyclic) bond motifs is 2. The highest BCUT2D eigenvalue weighted by Gasteiger charge is 2.43. The molecule has 2 aliphatic rings. The molecule has 1 saturated heterocycles. The van der Waals surface area contributed by atoms with Crippen LogP contribution in [-0.4, -0.2) is 65.6 Å². The van der Waals surface area contributed by atoms with Gasteiger partial charge in [0.2, 0.25) is 16.4 Å². The largest absolute Gasteiger partial charge is 0.489 e. The molecule has 35 heavy (non-hydrogen) atoms.